The highest BCUT2D eigenvalue weighted by atomic mass is 16.5. The molecule has 0 aliphatic rings. The molecule has 0 spiro atoms. The highest BCUT2D eigenvalue weighted by Crippen LogP contribution is 2.22. The van der Waals surface area contributed by atoms with Crippen molar-refractivity contribution < 1.29 is 19.1 Å². The molecule has 158 valence electrons. The van der Waals surface area contributed by atoms with Gasteiger partial charge in [0.15, 0.2) is 13.2 Å². The van der Waals surface area contributed by atoms with Crippen molar-refractivity contribution in [3.63, 3.8) is 0 Å². The first kappa shape index (κ1) is 21.9. The molecule has 0 bridgehead atoms. The van der Waals surface area contributed by atoms with Crippen LogP contribution < -0.4 is 20.3 Å². The van der Waals surface area contributed by atoms with Crippen molar-refractivity contribution in [2.45, 2.75) is 0 Å². The molecule has 0 saturated heterocycles. The van der Waals surface area contributed by atoms with Crippen molar-refractivity contribution >= 4 is 11.8 Å². The number of nitriles is 2. The number of para-hydroxylation sites is 1. The van der Waals surface area contributed by atoms with Gasteiger partial charge in [0.25, 0.3) is 11.8 Å². The predicted molar refractivity (Wildman–Crippen MR) is 115 cm³/mol. The molecular weight excluding hydrogens is 408 g/mol. The van der Waals surface area contributed by atoms with Gasteiger partial charge in [0.1, 0.15) is 17.6 Å². The first-order valence-corrected chi connectivity index (χ1v) is 9.52. The zero-order valence-corrected chi connectivity index (χ0v) is 16.9. The van der Waals surface area contributed by atoms with Crippen LogP contribution in [0, 0.1) is 22.7 Å². The molecule has 0 aliphatic heterocycles. The number of nitrogens with zero attached hydrogens (tertiary/aromatic N) is 2. The summed E-state index contributed by atoms with van der Waals surface area (Å²) in [5.74, 6) is -0.366. The maximum atomic E-state index is 11.9. The second-order valence-corrected chi connectivity index (χ2v) is 6.50. The number of rotatable bonds is 7. The SMILES string of the molecule is N#Cc1ccc(-c2ccc(OCC(=O)NNC(=O)COc3ccccc3C#N)cc2)cc1. The Kier molecular flexibility index (Phi) is 7.39. The Balaban J connectivity index is 1.41. The number of hydrogen-bond donors (Lipinski definition) is 2. The fourth-order valence-corrected chi connectivity index (χ4v) is 2.67. The van der Waals surface area contributed by atoms with Crippen LogP contribution in [0.2, 0.25) is 0 Å². The van der Waals surface area contributed by atoms with Crippen LogP contribution in [0.3, 0.4) is 0 Å². The van der Waals surface area contributed by atoms with Crippen LogP contribution in [0.25, 0.3) is 11.1 Å². The normalized spacial score (nSPS) is 9.69. The zero-order valence-electron chi connectivity index (χ0n) is 16.9. The molecule has 8 nitrogen and oxygen atoms in total. The van der Waals surface area contributed by atoms with E-state index in [1.807, 2.05) is 30.3 Å². The van der Waals surface area contributed by atoms with E-state index in [9.17, 15) is 9.59 Å². The summed E-state index contributed by atoms with van der Waals surface area (Å²) in [4.78, 5) is 23.7. The average Bonchev–Trinajstić information content (AvgIpc) is 2.85. The Morgan fingerprint density at radius 1 is 0.719 bits per heavy atom. The van der Waals surface area contributed by atoms with Crippen LogP contribution in [0.15, 0.2) is 72.8 Å². The Morgan fingerprint density at radius 3 is 1.88 bits per heavy atom. The summed E-state index contributed by atoms with van der Waals surface area (Å²) in [6.45, 7) is -0.661. The second kappa shape index (κ2) is 10.8. The highest BCUT2D eigenvalue weighted by molar-refractivity contribution is 5.83. The van der Waals surface area contributed by atoms with Crippen molar-refractivity contribution in [1.82, 2.24) is 10.9 Å². The van der Waals surface area contributed by atoms with Gasteiger partial charge in [-0.15, -0.1) is 0 Å². The molecule has 3 aromatic carbocycles. The molecule has 2 N–H and O–H groups in total. The number of hydrogen-bond acceptors (Lipinski definition) is 6. The maximum absolute atomic E-state index is 11.9. The van der Waals surface area contributed by atoms with E-state index >= 15 is 0 Å². The number of amides is 2. The molecule has 0 aromatic heterocycles. The van der Waals surface area contributed by atoms with Crippen molar-refractivity contribution in [2.24, 2.45) is 0 Å². The molecule has 2 amide bonds. The first-order chi connectivity index (χ1) is 15.6. The smallest absolute Gasteiger partial charge is 0.276 e. The van der Waals surface area contributed by atoms with Gasteiger partial charge < -0.3 is 9.47 Å². The number of ether oxygens (including phenoxy) is 2. The average molecular weight is 426 g/mol. The minimum Gasteiger partial charge on any atom is -0.484 e. The lowest BCUT2D eigenvalue weighted by atomic mass is 10.0. The standard InChI is InChI=1S/C24H18N4O4/c25-13-17-5-7-18(8-6-17)19-9-11-21(12-10-19)31-15-23(29)27-28-24(30)16-32-22-4-2-1-3-20(22)14-26/h1-12H,15-16H2,(H,27,29)(H,28,30). The molecular formula is C24H18N4O4. The molecule has 0 saturated carbocycles. The molecule has 32 heavy (non-hydrogen) atoms. The van der Waals surface area contributed by atoms with E-state index < -0.39 is 11.8 Å². The predicted octanol–water partition coefficient (Wildman–Crippen LogP) is 2.70. The summed E-state index contributed by atoms with van der Waals surface area (Å²) in [6.07, 6.45) is 0. The Bertz CT molecular complexity index is 1180. The lowest BCUT2D eigenvalue weighted by Gasteiger charge is -2.10. The molecule has 8 heteroatoms. The summed E-state index contributed by atoms with van der Waals surface area (Å²) in [5, 5.41) is 17.9. The Labute approximate surface area is 184 Å². The van der Waals surface area contributed by atoms with Gasteiger partial charge in [0.05, 0.1) is 17.2 Å². The number of benzene rings is 3. The van der Waals surface area contributed by atoms with E-state index in [-0.39, 0.29) is 19.0 Å². The maximum Gasteiger partial charge on any atom is 0.276 e. The first-order valence-electron chi connectivity index (χ1n) is 9.52. The molecule has 0 fully saturated rings. The van der Waals surface area contributed by atoms with Crippen LogP contribution in [-0.2, 0) is 9.59 Å². The lowest BCUT2D eigenvalue weighted by Crippen LogP contribution is -2.45. The van der Waals surface area contributed by atoms with Gasteiger partial charge in [-0.25, -0.2) is 0 Å². The Morgan fingerprint density at radius 2 is 1.28 bits per heavy atom. The second-order valence-electron chi connectivity index (χ2n) is 6.50. The minimum atomic E-state index is -0.585. The van der Waals surface area contributed by atoms with Gasteiger partial charge in [0.2, 0.25) is 0 Å². The number of hydrazine groups is 1. The van der Waals surface area contributed by atoms with E-state index in [1.54, 1.807) is 48.5 Å². The summed E-state index contributed by atoms with van der Waals surface area (Å²) in [7, 11) is 0. The summed E-state index contributed by atoms with van der Waals surface area (Å²) in [6, 6.07) is 24.9. The summed E-state index contributed by atoms with van der Waals surface area (Å²) >= 11 is 0. The van der Waals surface area contributed by atoms with Crippen molar-refractivity contribution in [2.75, 3.05) is 13.2 Å². The van der Waals surface area contributed by atoms with Crippen LogP contribution in [0.1, 0.15) is 11.1 Å². The minimum absolute atomic E-state index is 0.282. The van der Waals surface area contributed by atoms with Gasteiger partial charge in [0, 0.05) is 0 Å². The fraction of sp³-hybridized carbons (Fsp3) is 0.0833. The third kappa shape index (κ3) is 6.09. The topological polar surface area (TPSA) is 124 Å². The van der Waals surface area contributed by atoms with Crippen LogP contribution in [0.4, 0.5) is 0 Å². The highest BCUT2D eigenvalue weighted by Gasteiger charge is 2.08. The molecule has 0 atom stereocenters. The molecule has 3 aromatic rings. The van der Waals surface area contributed by atoms with Gasteiger partial charge in [-0.05, 0) is 47.5 Å². The van der Waals surface area contributed by atoms with E-state index in [0.717, 1.165) is 11.1 Å². The molecule has 0 aliphatic carbocycles. The van der Waals surface area contributed by atoms with E-state index in [2.05, 4.69) is 16.9 Å². The van der Waals surface area contributed by atoms with E-state index in [1.165, 1.54) is 0 Å². The fourth-order valence-electron chi connectivity index (χ4n) is 2.67. The van der Waals surface area contributed by atoms with Crippen molar-refractivity contribution in [3.05, 3.63) is 83.9 Å². The third-order valence-corrected chi connectivity index (χ3v) is 4.28. The van der Waals surface area contributed by atoms with Gasteiger partial charge >= 0.3 is 0 Å². The lowest BCUT2D eigenvalue weighted by molar-refractivity contribution is -0.131. The van der Waals surface area contributed by atoms with E-state index in [0.29, 0.717) is 16.9 Å². The van der Waals surface area contributed by atoms with Crippen molar-refractivity contribution in [1.29, 1.82) is 10.5 Å². The largest absolute Gasteiger partial charge is 0.484 e. The van der Waals surface area contributed by atoms with Gasteiger partial charge in [-0.3, -0.25) is 20.4 Å². The Hall–Kier alpha value is -4.82. The number of carbonyl (C=O) groups excluding carboxylic acids is 2. The molecule has 0 heterocycles. The van der Waals surface area contributed by atoms with Crippen LogP contribution >= 0.6 is 0 Å². The quantitative estimate of drug-likeness (QED) is 0.560. The van der Waals surface area contributed by atoms with Crippen molar-refractivity contribution in [3.8, 4) is 34.8 Å². The number of nitrogens with one attached hydrogen (secondary N) is 2. The molecule has 0 radical (unpaired) electrons. The van der Waals surface area contributed by atoms with Gasteiger partial charge in [-0.1, -0.05) is 36.4 Å². The number of carbonyl (C=O) groups is 2. The zero-order chi connectivity index (χ0) is 22.8. The van der Waals surface area contributed by atoms with Crippen LogP contribution in [0.5, 0.6) is 11.5 Å². The molecule has 0 unspecified atom stereocenters. The van der Waals surface area contributed by atoms with Crippen LogP contribution in [-0.4, -0.2) is 25.0 Å². The monoisotopic (exact) mass is 426 g/mol. The molecule has 3 rings (SSSR count). The summed E-state index contributed by atoms with van der Waals surface area (Å²) in [5.41, 5.74) is 7.24. The van der Waals surface area contributed by atoms with Gasteiger partial charge in [-0.2, -0.15) is 10.5 Å². The summed E-state index contributed by atoms with van der Waals surface area (Å²) < 4.78 is 10.7. The van der Waals surface area contributed by atoms with E-state index in [4.69, 9.17) is 20.0 Å². The third-order valence-electron chi connectivity index (χ3n) is 4.28.